The number of hydrogen-bond acceptors (Lipinski definition) is 2. The van der Waals surface area contributed by atoms with Gasteiger partial charge in [0, 0.05) is 25.4 Å². The maximum atomic E-state index is 10.8. The fourth-order valence-electron chi connectivity index (χ4n) is 1.06. The van der Waals surface area contributed by atoms with Crippen molar-refractivity contribution in [2.24, 2.45) is 0 Å². The summed E-state index contributed by atoms with van der Waals surface area (Å²) in [6.45, 7) is 3.00. The summed E-state index contributed by atoms with van der Waals surface area (Å²) in [5.41, 5.74) is 0. The lowest BCUT2D eigenvalue weighted by Crippen LogP contribution is -2.24. The number of halogens is 1. The molecule has 10 heavy (non-hydrogen) atoms. The van der Waals surface area contributed by atoms with Gasteiger partial charge in [0.25, 0.3) is 0 Å². The van der Waals surface area contributed by atoms with E-state index in [-0.39, 0.29) is 17.0 Å². The van der Waals surface area contributed by atoms with Crippen molar-refractivity contribution in [3.63, 3.8) is 0 Å². The Morgan fingerprint density at radius 1 is 1.50 bits per heavy atom. The summed E-state index contributed by atoms with van der Waals surface area (Å²) >= 11 is 0. The maximum Gasteiger partial charge on any atom is 0.134 e. The van der Waals surface area contributed by atoms with Gasteiger partial charge in [0.15, 0.2) is 0 Å². The number of hydrogen-bond donors (Lipinski definition) is 1. The SMILES string of the molecule is Br.CC1CCC(=O)CCN1. The van der Waals surface area contributed by atoms with Crippen LogP contribution < -0.4 is 5.32 Å². The Bertz CT molecular complexity index is 116. The molecule has 1 fully saturated rings. The van der Waals surface area contributed by atoms with Crippen LogP contribution in [0.15, 0.2) is 0 Å². The van der Waals surface area contributed by atoms with Crippen LogP contribution in [-0.4, -0.2) is 18.4 Å². The van der Waals surface area contributed by atoms with E-state index in [4.69, 9.17) is 0 Å². The molecule has 1 aliphatic rings. The second-order valence-corrected chi connectivity index (χ2v) is 2.68. The molecular formula is C7H14BrNO. The van der Waals surface area contributed by atoms with E-state index in [0.717, 1.165) is 25.8 Å². The second kappa shape index (κ2) is 4.85. The van der Waals surface area contributed by atoms with Gasteiger partial charge in [-0.1, -0.05) is 0 Å². The number of nitrogens with one attached hydrogen (secondary N) is 1. The van der Waals surface area contributed by atoms with E-state index < -0.39 is 0 Å². The fraction of sp³-hybridized carbons (Fsp3) is 0.857. The van der Waals surface area contributed by atoms with Crippen molar-refractivity contribution in [2.75, 3.05) is 6.54 Å². The van der Waals surface area contributed by atoms with Crippen molar-refractivity contribution in [2.45, 2.75) is 32.2 Å². The molecule has 1 aliphatic heterocycles. The summed E-state index contributed by atoms with van der Waals surface area (Å²) < 4.78 is 0. The van der Waals surface area contributed by atoms with Crippen molar-refractivity contribution in [3.8, 4) is 0 Å². The van der Waals surface area contributed by atoms with Gasteiger partial charge in [0.05, 0.1) is 0 Å². The maximum absolute atomic E-state index is 10.8. The third-order valence-corrected chi connectivity index (χ3v) is 1.75. The number of carbonyl (C=O) groups excluding carboxylic acids is 1. The molecule has 0 aromatic heterocycles. The molecule has 1 saturated heterocycles. The zero-order chi connectivity index (χ0) is 6.69. The zero-order valence-corrected chi connectivity index (χ0v) is 7.94. The molecule has 0 spiro atoms. The van der Waals surface area contributed by atoms with Crippen LogP contribution in [0.2, 0.25) is 0 Å². The summed E-state index contributed by atoms with van der Waals surface area (Å²) in [5, 5.41) is 3.25. The minimum Gasteiger partial charge on any atom is -0.314 e. The first-order chi connectivity index (χ1) is 4.29. The topological polar surface area (TPSA) is 29.1 Å². The Morgan fingerprint density at radius 3 is 2.90 bits per heavy atom. The smallest absolute Gasteiger partial charge is 0.134 e. The Kier molecular flexibility index (Phi) is 4.91. The predicted octanol–water partition coefficient (Wildman–Crippen LogP) is 1.30. The summed E-state index contributed by atoms with van der Waals surface area (Å²) in [6, 6.07) is 0.538. The molecule has 0 aromatic carbocycles. The Labute approximate surface area is 72.1 Å². The van der Waals surface area contributed by atoms with Crippen LogP contribution in [0.3, 0.4) is 0 Å². The first kappa shape index (κ1) is 10.1. The lowest BCUT2D eigenvalue weighted by molar-refractivity contribution is -0.118. The highest BCUT2D eigenvalue weighted by atomic mass is 79.9. The quantitative estimate of drug-likeness (QED) is 0.650. The van der Waals surface area contributed by atoms with E-state index in [9.17, 15) is 4.79 Å². The highest BCUT2D eigenvalue weighted by molar-refractivity contribution is 8.93. The molecule has 60 valence electrons. The van der Waals surface area contributed by atoms with Crippen LogP contribution >= 0.6 is 17.0 Å². The molecule has 0 saturated carbocycles. The van der Waals surface area contributed by atoms with E-state index >= 15 is 0 Å². The fourth-order valence-corrected chi connectivity index (χ4v) is 1.06. The van der Waals surface area contributed by atoms with Gasteiger partial charge in [-0.15, -0.1) is 17.0 Å². The number of ketones is 1. The second-order valence-electron chi connectivity index (χ2n) is 2.68. The summed E-state index contributed by atoms with van der Waals surface area (Å²) in [4.78, 5) is 10.8. The Hall–Kier alpha value is 0.110. The van der Waals surface area contributed by atoms with E-state index in [2.05, 4.69) is 12.2 Å². The molecule has 0 aliphatic carbocycles. The third kappa shape index (κ3) is 3.32. The largest absolute Gasteiger partial charge is 0.314 e. The van der Waals surface area contributed by atoms with Crippen LogP contribution in [0.5, 0.6) is 0 Å². The molecule has 1 rings (SSSR count). The summed E-state index contributed by atoms with van der Waals surface area (Å²) in [6.07, 6.45) is 2.51. The molecule has 0 aromatic rings. The minimum absolute atomic E-state index is 0. The highest BCUT2D eigenvalue weighted by Crippen LogP contribution is 2.03. The van der Waals surface area contributed by atoms with Crippen LogP contribution in [0.4, 0.5) is 0 Å². The van der Waals surface area contributed by atoms with Crippen molar-refractivity contribution < 1.29 is 4.79 Å². The van der Waals surface area contributed by atoms with Crippen LogP contribution in [0, 0.1) is 0 Å². The zero-order valence-electron chi connectivity index (χ0n) is 6.22. The van der Waals surface area contributed by atoms with Gasteiger partial charge in [-0.05, 0) is 13.3 Å². The third-order valence-electron chi connectivity index (χ3n) is 1.75. The number of Topliss-reactive ketones (excluding diaryl/α,β-unsaturated/α-hetero) is 1. The predicted molar refractivity (Wildman–Crippen MR) is 46.6 cm³/mol. The average molecular weight is 208 g/mol. The van der Waals surface area contributed by atoms with Crippen molar-refractivity contribution in [1.29, 1.82) is 0 Å². The lowest BCUT2D eigenvalue weighted by atomic mass is 10.1. The van der Waals surface area contributed by atoms with Gasteiger partial charge in [-0.3, -0.25) is 4.79 Å². The molecular weight excluding hydrogens is 194 g/mol. The minimum atomic E-state index is 0. The summed E-state index contributed by atoms with van der Waals surface area (Å²) in [5.74, 6) is 0.409. The van der Waals surface area contributed by atoms with E-state index in [0.29, 0.717) is 11.8 Å². The van der Waals surface area contributed by atoms with Gasteiger partial charge < -0.3 is 5.32 Å². The van der Waals surface area contributed by atoms with Crippen molar-refractivity contribution in [3.05, 3.63) is 0 Å². The standard InChI is InChI=1S/C7H13NO.BrH/c1-6-2-3-7(9)4-5-8-6;/h6,8H,2-5H2,1H3;1H. The molecule has 1 atom stereocenters. The van der Waals surface area contributed by atoms with Gasteiger partial charge in [-0.2, -0.15) is 0 Å². The molecule has 0 radical (unpaired) electrons. The normalized spacial score (nSPS) is 26.9. The van der Waals surface area contributed by atoms with Crippen LogP contribution in [-0.2, 0) is 4.79 Å². The molecule has 3 heteroatoms. The first-order valence-corrected chi connectivity index (χ1v) is 3.54. The molecule has 1 heterocycles. The van der Waals surface area contributed by atoms with Gasteiger partial charge in [-0.25, -0.2) is 0 Å². The van der Waals surface area contributed by atoms with Gasteiger partial charge >= 0.3 is 0 Å². The molecule has 1 unspecified atom stereocenters. The Morgan fingerprint density at radius 2 is 2.20 bits per heavy atom. The number of rotatable bonds is 0. The monoisotopic (exact) mass is 207 g/mol. The first-order valence-electron chi connectivity index (χ1n) is 3.54. The summed E-state index contributed by atoms with van der Waals surface area (Å²) in [7, 11) is 0. The highest BCUT2D eigenvalue weighted by Gasteiger charge is 2.10. The molecule has 2 nitrogen and oxygen atoms in total. The van der Waals surface area contributed by atoms with Crippen molar-refractivity contribution >= 4 is 22.8 Å². The molecule has 0 amide bonds. The van der Waals surface area contributed by atoms with E-state index in [1.165, 1.54) is 0 Å². The van der Waals surface area contributed by atoms with E-state index in [1.807, 2.05) is 0 Å². The van der Waals surface area contributed by atoms with E-state index in [1.54, 1.807) is 0 Å². The van der Waals surface area contributed by atoms with Gasteiger partial charge in [0.1, 0.15) is 5.78 Å². The average Bonchev–Trinajstić information content (AvgIpc) is 1.97. The molecule has 0 bridgehead atoms. The molecule has 1 N–H and O–H groups in total. The van der Waals surface area contributed by atoms with Crippen LogP contribution in [0.25, 0.3) is 0 Å². The van der Waals surface area contributed by atoms with Crippen LogP contribution in [0.1, 0.15) is 26.2 Å². The van der Waals surface area contributed by atoms with Crippen molar-refractivity contribution in [1.82, 2.24) is 5.32 Å². The Balaban J connectivity index is 0.000000810. The number of carbonyl (C=O) groups is 1. The van der Waals surface area contributed by atoms with Gasteiger partial charge in [0.2, 0.25) is 0 Å². The lowest BCUT2D eigenvalue weighted by Gasteiger charge is -2.05.